The normalized spacial score (nSPS) is 38.6. The van der Waals surface area contributed by atoms with E-state index in [-0.39, 0.29) is 23.5 Å². The zero-order valence-electron chi connectivity index (χ0n) is 7.87. The van der Waals surface area contributed by atoms with Crippen molar-refractivity contribution in [2.75, 3.05) is 6.54 Å². The van der Waals surface area contributed by atoms with Gasteiger partial charge in [0.05, 0.1) is 12.6 Å². The van der Waals surface area contributed by atoms with Crippen molar-refractivity contribution < 1.29 is 14.3 Å². The number of likely N-dealkylation sites (tertiary alicyclic amines) is 1. The number of hydrogen-bond acceptors (Lipinski definition) is 3. The smallest absolute Gasteiger partial charge is 0.229 e. The molecular formula is C9H13NO3. The Balaban J connectivity index is 2.02. The van der Waals surface area contributed by atoms with Gasteiger partial charge in [-0.1, -0.05) is 0 Å². The van der Waals surface area contributed by atoms with Crippen molar-refractivity contribution in [2.45, 2.75) is 38.4 Å². The fourth-order valence-corrected chi connectivity index (χ4v) is 1.65. The van der Waals surface area contributed by atoms with Gasteiger partial charge in [0.1, 0.15) is 5.60 Å². The van der Waals surface area contributed by atoms with E-state index in [1.54, 1.807) is 0 Å². The summed E-state index contributed by atoms with van der Waals surface area (Å²) in [5.41, 5.74) is -0.282. The van der Waals surface area contributed by atoms with Crippen molar-refractivity contribution in [3.8, 4) is 0 Å². The lowest BCUT2D eigenvalue weighted by molar-refractivity contribution is -0.139. The molecule has 2 amide bonds. The number of nitrogens with zero attached hydrogens (tertiary/aromatic N) is 1. The second-order valence-electron chi connectivity index (χ2n) is 3.95. The molecule has 4 heteroatoms. The quantitative estimate of drug-likeness (QED) is 0.457. The molecule has 2 aliphatic rings. The lowest BCUT2D eigenvalue weighted by atomic mass is 10.1. The van der Waals surface area contributed by atoms with Gasteiger partial charge in [0.15, 0.2) is 0 Å². The fourth-order valence-electron chi connectivity index (χ4n) is 1.65. The summed E-state index contributed by atoms with van der Waals surface area (Å²) in [6.45, 7) is 4.30. The summed E-state index contributed by atoms with van der Waals surface area (Å²) in [5, 5.41) is 0. The molecule has 0 aromatic heterocycles. The number of rotatable bonds is 2. The molecule has 0 aliphatic carbocycles. The number of amides is 2. The van der Waals surface area contributed by atoms with Crippen molar-refractivity contribution in [1.29, 1.82) is 0 Å². The highest BCUT2D eigenvalue weighted by atomic mass is 16.6. The first kappa shape index (κ1) is 8.69. The summed E-state index contributed by atoms with van der Waals surface area (Å²) >= 11 is 0. The molecule has 0 aromatic rings. The van der Waals surface area contributed by atoms with Crippen LogP contribution in [0.15, 0.2) is 0 Å². The molecule has 2 atom stereocenters. The van der Waals surface area contributed by atoms with Gasteiger partial charge in [0, 0.05) is 12.8 Å². The summed E-state index contributed by atoms with van der Waals surface area (Å²) in [6, 6.07) is 0. The monoisotopic (exact) mass is 183 g/mol. The average Bonchev–Trinajstić information content (AvgIpc) is 2.54. The van der Waals surface area contributed by atoms with Crippen molar-refractivity contribution in [3.63, 3.8) is 0 Å². The Kier molecular flexibility index (Phi) is 1.70. The second-order valence-corrected chi connectivity index (χ2v) is 3.95. The third kappa shape index (κ3) is 1.35. The molecule has 0 bridgehead atoms. The SMILES string of the molecule is CC1OC1(C)CN1C(=O)CCC1=O. The minimum atomic E-state index is -0.282. The molecule has 2 unspecified atom stereocenters. The van der Waals surface area contributed by atoms with Crippen molar-refractivity contribution >= 4 is 11.8 Å². The first-order chi connectivity index (χ1) is 6.03. The lowest BCUT2D eigenvalue weighted by Crippen LogP contribution is -2.37. The van der Waals surface area contributed by atoms with Crippen LogP contribution in [0.1, 0.15) is 26.7 Å². The Hall–Kier alpha value is -0.900. The molecule has 2 saturated heterocycles. The van der Waals surface area contributed by atoms with E-state index >= 15 is 0 Å². The van der Waals surface area contributed by atoms with Crippen LogP contribution >= 0.6 is 0 Å². The number of imide groups is 1. The molecule has 0 spiro atoms. The molecule has 2 heterocycles. The molecule has 2 rings (SSSR count). The van der Waals surface area contributed by atoms with E-state index in [9.17, 15) is 9.59 Å². The standard InChI is InChI=1S/C9H13NO3/c1-6-9(2,13-6)5-10-7(11)3-4-8(10)12/h6H,3-5H2,1-2H3. The van der Waals surface area contributed by atoms with Gasteiger partial charge in [0.2, 0.25) is 11.8 Å². The third-order valence-corrected chi connectivity index (χ3v) is 2.88. The Labute approximate surface area is 76.8 Å². The Morgan fingerprint density at radius 3 is 2.31 bits per heavy atom. The van der Waals surface area contributed by atoms with Crippen molar-refractivity contribution in [2.24, 2.45) is 0 Å². The maximum absolute atomic E-state index is 11.2. The van der Waals surface area contributed by atoms with Gasteiger partial charge < -0.3 is 4.74 Å². The molecule has 13 heavy (non-hydrogen) atoms. The number of ether oxygens (including phenoxy) is 1. The molecule has 0 radical (unpaired) electrons. The molecule has 2 fully saturated rings. The largest absolute Gasteiger partial charge is 0.365 e. The Morgan fingerprint density at radius 1 is 1.46 bits per heavy atom. The molecule has 2 aliphatic heterocycles. The molecule has 72 valence electrons. The maximum Gasteiger partial charge on any atom is 0.229 e. The molecular weight excluding hydrogens is 170 g/mol. The van der Waals surface area contributed by atoms with Crippen LogP contribution in [0.2, 0.25) is 0 Å². The van der Waals surface area contributed by atoms with E-state index in [4.69, 9.17) is 4.74 Å². The average molecular weight is 183 g/mol. The summed E-state index contributed by atoms with van der Waals surface area (Å²) in [5.74, 6) is -0.122. The van der Waals surface area contributed by atoms with Gasteiger partial charge >= 0.3 is 0 Å². The van der Waals surface area contributed by atoms with E-state index in [1.807, 2.05) is 13.8 Å². The van der Waals surface area contributed by atoms with Crippen LogP contribution in [0.3, 0.4) is 0 Å². The first-order valence-corrected chi connectivity index (χ1v) is 4.54. The van der Waals surface area contributed by atoms with Crippen LogP contribution < -0.4 is 0 Å². The lowest BCUT2D eigenvalue weighted by Gasteiger charge is -2.16. The summed E-state index contributed by atoms with van der Waals surface area (Å²) in [4.78, 5) is 23.8. The molecule has 0 N–H and O–H groups in total. The highest BCUT2D eigenvalue weighted by molar-refractivity contribution is 6.02. The van der Waals surface area contributed by atoms with E-state index in [0.717, 1.165) is 0 Å². The van der Waals surface area contributed by atoms with Gasteiger partial charge in [-0.15, -0.1) is 0 Å². The van der Waals surface area contributed by atoms with Gasteiger partial charge in [0.25, 0.3) is 0 Å². The number of carbonyl (C=O) groups excluding carboxylic acids is 2. The van der Waals surface area contributed by atoms with Crippen LogP contribution in [0.5, 0.6) is 0 Å². The third-order valence-electron chi connectivity index (χ3n) is 2.88. The van der Waals surface area contributed by atoms with E-state index in [1.165, 1.54) is 4.90 Å². The minimum absolute atomic E-state index is 0.0612. The topological polar surface area (TPSA) is 49.9 Å². The number of epoxide rings is 1. The van der Waals surface area contributed by atoms with Crippen LogP contribution in [0.25, 0.3) is 0 Å². The van der Waals surface area contributed by atoms with E-state index < -0.39 is 0 Å². The van der Waals surface area contributed by atoms with E-state index in [0.29, 0.717) is 19.4 Å². The molecule has 0 saturated carbocycles. The molecule has 4 nitrogen and oxygen atoms in total. The highest BCUT2D eigenvalue weighted by Crippen LogP contribution is 2.37. The first-order valence-electron chi connectivity index (χ1n) is 4.54. The van der Waals surface area contributed by atoms with E-state index in [2.05, 4.69) is 0 Å². The predicted octanol–water partition coefficient (Wildman–Crippen LogP) is 0.313. The van der Waals surface area contributed by atoms with Gasteiger partial charge in [-0.2, -0.15) is 0 Å². The summed E-state index contributed by atoms with van der Waals surface area (Å²) in [7, 11) is 0. The van der Waals surface area contributed by atoms with Crippen LogP contribution in [-0.4, -0.2) is 35.0 Å². The van der Waals surface area contributed by atoms with Gasteiger partial charge in [-0.3, -0.25) is 14.5 Å². The minimum Gasteiger partial charge on any atom is -0.365 e. The van der Waals surface area contributed by atoms with Crippen LogP contribution in [0.4, 0.5) is 0 Å². The van der Waals surface area contributed by atoms with Crippen molar-refractivity contribution in [1.82, 2.24) is 4.90 Å². The highest BCUT2D eigenvalue weighted by Gasteiger charge is 2.52. The summed E-state index contributed by atoms with van der Waals surface area (Å²) in [6.07, 6.45) is 0.890. The summed E-state index contributed by atoms with van der Waals surface area (Å²) < 4.78 is 5.32. The fraction of sp³-hybridized carbons (Fsp3) is 0.778. The zero-order chi connectivity index (χ0) is 9.64. The van der Waals surface area contributed by atoms with Crippen LogP contribution in [0, 0.1) is 0 Å². The van der Waals surface area contributed by atoms with Gasteiger partial charge in [-0.25, -0.2) is 0 Å². The zero-order valence-corrected chi connectivity index (χ0v) is 7.87. The second kappa shape index (κ2) is 2.54. The van der Waals surface area contributed by atoms with Crippen molar-refractivity contribution in [3.05, 3.63) is 0 Å². The molecule has 0 aromatic carbocycles. The number of carbonyl (C=O) groups is 2. The predicted molar refractivity (Wildman–Crippen MR) is 44.9 cm³/mol. The number of hydrogen-bond donors (Lipinski definition) is 0. The van der Waals surface area contributed by atoms with Gasteiger partial charge in [-0.05, 0) is 13.8 Å². The maximum atomic E-state index is 11.2. The van der Waals surface area contributed by atoms with Crippen LogP contribution in [-0.2, 0) is 14.3 Å². The Morgan fingerprint density at radius 2 is 1.92 bits per heavy atom. The Bertz CT molecular complexity index is 260.